The van der Waals surface area contributed by atoms with Crippen molar-refractivity contribution in [3.05, 3.63) is 125 Å². The molecule has 0 saturated carbocycles. The quantitative estimate of drug-likeness (QED) is 0.214. The molecule has 1 aliphatic rings. The van der Waals surface area contributed by atoms with E-state index in [0.717, 1.165) is 28.4 Å². The van der Waals surface area contributed by atoms with E-state index in [1.807, 2.05) is 48.5 Å². The van der Waals surface area contributed by atoms with Gasteiger partial charge in [-0.3, -0.25) is 9.59 Å². The lowest BCUT2D eigenvalue weighted by atomic mass is 9.93. The van der Waals surface area contributed by atoms with Gasteiger partial charge in [0.1, 0.15) is 0 Å². The fourth-order valence-electron chi connectivity index (χ4n) is 4.94. The molecule has 41 heavy (non-hydrogen) atoms. The van der Waals surface area contributed by atoms with E-state index in [1.54, 1.807) is 49.5 Å². The van der Waals surface area contributed by atoms with Gasteiger partial charge in [0, 0.05) is 42.0 Å². The molecule has 1 aliphatic heterocycles. The fraction of sp³-hybridized carbons (Fsp3) is 0.0625. The number of aromatic amines is 1. The molecule has 0 spiro atoms. The van der Waals surface area contributed by atoms with Gasteiger partial charge in [0.2, 0.25) is 5.95 Å². The molecule has 2 heterocycles. The second-order valence-corrected chi connectivity index (χ2v) is 9.65. The molecule has 6 rings (SSSR count). The van der Waals surface area contributed by atoms with Crippen LogP contribution in [-0.4, -0.2) is 39.9 Å². The Kier molecular flexibility index (Phi) is 6.52. The zero-order valence-electron chi connectivity index (χ0n) is 22.0. The van der Waals surface area contributed by atoms with Crippen LogP contribution < -0.4 is 15.5 Å². The van der Waals surface area contributed by atoms with Gasteiger partial charge >= 0.3 is 5.97 Å². The van der Waals surface area contributed by atoms with Crippen LogP contribution >= 0.6 is 0 Å². The van der Waals surface area contributed by atoms with Crippen LogP contribution in [0.4, 0.5) is 17.3 Å². The lowest BCUT2D eigenvalue weighted by Crippen LogP contribution is -2.27. The molecule has 0 atom stereocenters. The van der Waals surface area contributed by atoms with Crippen molar-refractivity contribution < 1.29 is 19.5 Å². The third kappa shape index (κ3) is 5.04. The van der Waals surface area contributed by atoms with Crippen LogP contribution in [0.2, 0.25) is 0 Å². The maximum atomic E-state index is 13.3. The number of rotatable bonds is 6. The minimum atomic E-state index is -1.13. The van der Waals surface area contributed by atoms with Gasteiger partial charge in [-0.2, -0.15) is 0 Å². The van der Waals surface area contributed by atoms with Crippen molar-refractivity contribution in [2.45, 2.75) is 6.54 Å². The smallest absolute Gasteiger partial charge is 0.328 e. The molecule has 1 aromatic heterocycles. The largest absolute Gasteiger partial charge is 0.478 e. The molecule has 2 amide bonds. The molecule has 0 aliphatic carbocycles. The standard InChI is InChI=1S/C32H25N5O4/c1-37-28-16-20(12-15-23(28)25(17-29(38)39)22-6-2-3-7-24(22)31(37)41)30(40)33-18-19-10-13-21(14-11-19)34-32-35-26-8-4-5-9-27(26)36-32/h2-17H,18H2,1H3,(H,33,40)(H,38,39)(H2,34,35,36)/b25-17-. The van der Waals surface area contributed by atoms with E-state index in [1.165, 1.54) is 4.90 Å². The first-order valence-corrected chi connectivity index (χ1v) is 12.9. The van der Waals surface area contributed by atoms with E-state index < -0.39 is 5.97 Å². The second-order valence-electron chi connectivity index (χ2n) is 9.65. The maximum absolute atomic E-state index is 13.3. The van der Waals surface area contributed by atoms with Gasteiger partial charge in [0.25, 0.3) is 11.8 Å². The number of carbonyl (C=O) groups excluding carboxylic acids is 2. The summed E-state index contributed by atoms with van der Waals surface area (Å²) in [6.45, 7) is 0.297. The van der Waals surface area contributed by atoms with E-state index in [2.05, 4.69) is 20.6 Å². The third-order valence-corrected chi connectivity index (χ3v) is 6.99. The number of nitrogens with one attached hydrogen (secondary N) is 3. The van der Waals surface area contributed by atoms with Gasteiger partial charge in [-0.15, -0.1) is 0 Å². The molecule has 0 unspecified atom stereocenters. The number of carbonyl (C=O) groups is 3. The molecule has 9 heteroatoms. The van der Waals surface area contributed by atoms with Crippen LogP contribution in [0.25, 0.3) is 16.6 Å². The van der Waals surface area contributed by atoms with E-state index in [0.29, 0.717) is 46.0 Å². The van der Waals surface area contributed by atoms with Crippen LogP contribution in [0.5, 0.6) is 0 Å². The first-order valence-electron chi connectivity index (χ1n) is 12.9. The molecular formula is C32H25N5O4. The average Bonchev–Trinajstić information content (AvgIpc) is 3.37. The van der Waals surface area contributed by atoms with E-state index in [-0.39, 0.29) is 11.8 Å². The van der Waals surface area contributed by atoms with E-state index in [4.69, 9.17) is 0 Å². The highest BCUT2D eigenvalue weighted by Gasteiger charge is 2.28. The number of benzene rings is 4. The lowest BCUT2D eigenvalue weighted by molar-refractivity contribution is -0.131. The van der Waals surface area contributed by atoms with Gasteiger partial charge in [-0.1, -0.05) is 48.5 Å². The van der Waals surface area contributed by atoms with Crippen molar-refractivity contribution in [2.24, 2.45) is 0 Å². The molecule has 0 fully saturated rings. The number of hydrogen-bond donors (Lipinski definition) is 4. The Balaban J connectivity index is 1.19. The van der Waals surface area contributed by atoms with E-state index in [9.17, 15) is 19.5 Å². The summed E-state index contributed by atoms with van der Waals surface area (Å²) in [5, 5.41) is 15.7. The maximum Gasteiger partial charge on any atom is 0.328 e. The number of fused-ring (bicyclic) bond motifs is 3. The van der Waals surface area contributed by atoms with Crippen LogP contribution in [0.15, 0.2) is 97.1 Å². The molecule has 0 radical (unpaired) electrons. The highest BCUT2D eigenvalue weighted by molar-refractivity contribution is 6.16. The highest BCUT2D eigenvalue weighted by Crippen LogP contribution is 2.38. The number of H-pyrrole nitrogens is 1. The van der Waals surface area contributed by atoms with Crippen molar-refractivity contribution in [2.75, 3.05) is 17.3 Å². The highest BCUT2D eigenvalue weighted by atomic mass is 16.4. The Morgan fingerprint density at radius 1 is 0.927 bits per heavy atom. The monoisotopic (exact) mass is 543 g/mol. The average molecular weight is 544 g/mol. The number of anilines is 3. The van der Waals surface area contributed by atoms with Gasteiger partial charge in [-0.25, -0.2) is 9.78 Å². The van der Waals surface area contributed by atoms with Crippen LogP contribution in [0, 0.1) is 0 Å². The number of hydrogen-bond acceptors (Lipinski definition) is 5. The summed E-state index contributed by atoms with van der Waals surface area (Å²) in [5.41, 5.74) is 6.26. The van der Waals surface area contributed by atoms with Crippen LogP contribution in [0.3, 0.4) is 0 Å². The van der Waals surface area contributed by atoms with Crippen molar-refractivity contribution in [1.29, 1.82) is 0 Å². The summed E-state index contributed by atoms with van der Waals surface area (Å²) in [4.78, 5) is 47.2. The summed E-state index contributed by atoms with van der Waals surface area (Å²) < 4.78 is 0. The number of aromatic nitrogens is 2. The van der Waals surface area contributed by atoms with Crippen molar-refractivity contribution in [3.8, 4) is 0 Å². The molecule has 5 aromatic rings. The second kappa shape index (κ2) is 10.5. The third-order valence-electron chi connectivity index (χ3n) is 6.99. The Labute approximate surface area is 235 Å². The summed E-state index contributed by atoms with van der Waals surface area (Å²) in [6, 6.07) is 27.2. The van der Waals surface area contributed by atoms with Gasteiger partial charge in [0.15, 0.2) is 0 Å². The molecule has 4 N–H and O–H groups in total. The Hall–Kier alpha value is -5.70. The summed E-state index contributed by atoms with van der Waals surface area (Å²) >= 11 is 0. The number of amides is 2. The van der Waals surface area contributed by atoms with Crippen LogP contribution in [0.1, 0.15) is 37.4 Å². The number of aliphatic carboxylic acids is 1. The van der Waals surface area contributed by atoms with Crippen LogP contribution in [-0.2, 0) is 11.3 Å². The summed E-state index contributed by atoms with van der Waals surface area (Å²) in [6.07, 6.45) is 1.09. The zero-order valence-corrected chi connectivity index (χ0v) is 22.0. The predicted molar refractivity (Wildman–Crippen MR) is 157 cm³/mol. The Bertz CT molecular complexity index is 1820. The molecule has 202 valence electrons. The van der Waals surface area contributed by atoms with Gasteiger partial charge in [0.05, 0.1) is 16.7 Å². The molecule has 4 aromatic carbocycles. The predicted octanol–water partition coefficient (Wildman–Crippen LogP) is 5.34. The lowest BCUT2D eigenvalue weighted by Gasteiger charge is -2.19. The summed E-state index contributed by atoms with van der Waals surface area (Å²) in [7, 11) is 1.62. The van der Waals surface area contributed by atoms with Gasteiger partial charge < -0.3 is 25.6 Å². The van der Waals surface area contributed by atoms with E-state index >= 15 is 0 Å². The minimum Gasteiger partial charge on any atom is -0.478 e. The van der Waals surface area contributed by atoms with Gasteiger partial charge in [-0.05, 0) is 59.2 Å². The molecular weight excluding hydrogens is 518 g/mol. The molecule has 0 saturated heterocycles. The number of imidazole rings is 1. The minimum absolute atomic E-state index is 0.287. The fourth-order valence-corrected chi connectivity index (χ4v) is 4.94. The Morgan fingerprint density at radius 3 is 2.41 bits per heavy atom. The number of carboxylic acids is 1. The Morgan fingerprint density at radius 2 is 1.66 bits per heavy atom. The first-order chi connectivity index (χ1) is 19.9. The SMILES string of the molecule is CN1C(=O)c2ccccc2/C(=C/C(=O)O)c2ccc(C(=O)NCc3ccc(Nc4nc5ccccc5[nH]4)cc3)cc21. The summed E-state index contributed by atoms with van der Waals surface area (Å²) in [5.74, 6) is -1.09. The molecule has 9 nitrogen and oxygen atoms in total. The van der Waals surface area contributed by atoms with Crippen molar-refractivity contribution >= 4 is 51.7 Å². The van der Waals surface area contributed by atoms with Crippen molar-refractivity contribution in [3.63, 3.8) is 0 Å². The normalized spacial score (nSPS) is 13.4. The first kappa shape index (κ1) is 25.6. The number of nitrogens with zero attached hydrogens (tertiary/aromatic N) is 2. The topological polar surface area (TPSA) is 127 Å². The number of carboxylic acid groups (broad SMARTS) is 1. The zero-order chi connectivity index (χ0) is 28.5. The number of para-hydroxylation sites is 2. The van der Waals surface area contributed by atoms with Crippen molar-refractivity contribution in [1.82, 2.24) is 15.3 Å². The molecule has 0 bridgehead atoms.